The van der Waals surface area contributed by atoms with Gasteiger partial charge in [0.2, 0.25) is 0 Å². The SMILES string of the molecule is CCNc1cc(CC)nc(-c2ccc(Br)cc2)n1. The van der Waals surface area contributed by atoms with E-state index in [9.17, 15) is 0 Å². The first kappa shape index (κ1) is 13.0. The first-order chi connectivity index (χ1) is 8.72. The summed E-state index contributed by atoms with van der Waals surface area (Å²) in [4.78, 5) is 9.10. The molecule has 0 amide bonds. The van der Waals surface area contributed by atoms with Gasteiger partial charge < -0.3 is 5.32 Å². The second kappa shape index (κ2) is 5.96. The first-order valence-electron chi connectivity index (χ1n) is 6.10. The van der Waals surface area contributed by atoms with Gasteiger partial charge in [0.15, 0.2) is 5.82 Å². The maximum absolute atomic E-state index is 4.57. The molecule has 94 valence electrons. The van der Waals surface area contributed by atoms with E-state index in [1.807, 2.05) is 30.3 Å². The molecule has 0 spiro atoms. The van der Waals surface area contributed by atoms with Crippen molar-refractivity contribution >= 4 is 21.7 Å². The third-order valence-electron chi connectivity index (χ3n) is 2.60. The number of rotatable bonds is 4. The molecule has 0 saturated heterocycles. The fourth-order valence-corrected chi connectivity index (χ4v) is 1.94. The lowest BCUT2D eigenvalue weighted by molar-refractivity contribution is 0.998. The average Bonchev–Trinajstić information content (AvgIpc) is 2.39. The Morgan fingerprint density at radius 1 is 1.11 bits per heavy atom. The highest BCUT2D eigenvalue weighted by Crippen LogP contribution is 2.20. The highest BCUT2D eigenvalue weighted by atomic mass is 79.9. The number of halogens is 1. The molecular formula is C14H16BrN3. The highest BCUT2D eigenvalue weighted by Gasteiger charge is 2.05. The molecule has 4 heteroatoms. The number of hydrogen-bond acceptors (Lipinski definition) is 3. The van der Waals surface area contributed by atoms with Gasteiger partial charge in [0.05, 0.1) is 0 Å². The summed E-state index contributed by atoms with van der Waals surface area (Å²) < 4.78 is 1.06. The summed E-state index contributed by atoms with van der Waals surface area (Å²) in [7, 11) is 0. The molecule has 1 aromatic carbocycles. The number of anilines is 1. The van der Waals surface area contributed by atoms with Gasteiger partial charge in [-0.2, -0.15) is 0 Å². The minimum atomic E-state index is 0.776. The maximum atomic E-state index is 4.57. The van der Waals surface area contributed by atoms with Crippen LogP contribution in [0.4, 0.5) is 5.82 Å². The summed E-state index contributed by atoms with van der Waals surface area (Å²) in [5.41, 5.74) is 2.09. The number of aromatic nitrogens is 2. The number of nitrogens with zero attached hydrogens (tertiary/aromatic N) is 2. The number of hydrogen-bond donors (Lipinski definition) is 1. The van der Waals surface area contributed by atoms with Crippen molar-refractivity contribution in [3.05, 3.63) is 40.5 Å². The van der Waals surface area contributed by atoms with Crippen LogP contribution < -0.4 is 5.32 Å². The lowest BCUT2D eigenvalue weighted by Crippen LogP contribution is -2.03. The molecule has 0 bridgehead atoms. The third kappa shape index (κ3) is 3.07. The molecule has 1 aromatic heterocycles. The molecule has 0 unspecified atom stereocenters. The van der Waals surface area contributed by atoms with Crippen LogP contribution in [0.2, 0.25) is 0 Å². The van der Waals surface area contributed by atoms with E-state index in [0.717, 1.165) is 40.3 Å². The highest BCUT2D eigenvalue weighted by molar-refractivity contribution is 9.10. The Labute approximate surface area is 116 Å². The normalized spacial score (nSPS) is 10.4. The van der Waals surface area contributed by atoms with Crippen molar-refractivity contribution in [2.24, 2.45) is 0 Å². The largest absolute Gasteiger partial charge is 0.370 e. The second-order valence-electron chi connectivity index (χ2n) is 3.96. The van der Waals surface area contributed by atoms with Crippen molar-refractivity contribution in [2.45, 2.75) is 20.3 Å². The van der Waals surface area contributed by atoms with E-state index in [4.69, 9.17) is 0 Å². The monoisotopic (exact) mass is 305 g/mol. The fourth-order valence-electron chi connectivity index (χ4n) is 1.68. The Morgan fingerprint density at radius 2 is 1.83 bits per heavy atom. The van der Waals surface area contributed by atoms with Crippen molar-refractivity contribution in [3.63, 3.8) is 0 Å². The molecule has 0 fully saturated rings. The smallest absolute Gasteiger partial charge is 0.161 e. The van der Waals surface area contributed by atoms with Gasteiger partial charge in [0.25, 0.3) is 0 Å². The van der Waals surface area contributed by atoms with Crippen molar-refractivity contribution in [3.8, 4) is 11.4 Å². The molecular weight excluding hydrogens is 290 g/mol. The van der Waals surface area contributed by atoms with Gasteiger partial charge in [0, 0.05) is 28.3 Å². The summed E-state index contributed by atoms with van der Waals surface area (Å²) in [6.45, 7) is 5.02. The van der Waals surface area contributed by atoms with E-state index in [0.29, 0.717) is 0 Å². The van der Waals surface area contributed by atoms with E-state index in [1.54, 1.807) is 0 Å². The second-order valence-corrected chi connectivity index (χ2v) is 4.87. The van der Waals surface area contributed by atoms with Crippen molar-refractivity contribution in [1.82, 2.24) is 9.97 Å². The van der Waals surface area contributed by atoms with Crippen LogP contribution in [0.1, 0.15) is 19.5 Å². The van der Waals surface area contributed by atoms with E-state index < -0.39 is 0 Å². The number of aryl methyl sites for hydroxylation is 1. The van der Waals surface area contributed by atoms with Crippen molar-refractivity contribution in [1.29, 1.82) is 0 Å². The quantitative estimate of drug-likeness (QED) is 0.931. The zero-order chi connectivity index (χ0) is 13.0. The van der Waals surface area contributed by atoms with Gasteiger partial charge in [0.1, 0.15) is 5.82 Å². The van der Waals surface area contributed by atoms with E-state index >= 15 is 0 Å². The third-order valence-corrected chi connectivity index (χ3v) is 3.13. The summed E-state index contributed by atoms with van der Waals surface area (Å²) in [6.07, 6.45) is 0.907. The molecule has 1 N–H and O–H groups in total. The predicted molar refractivity (Wildman–Crippen MR) is 78.7 cm³/mol. The molecule has 1 heterocycles. The summed E-state index contributed by atoms with van der Waals surface area (Å²) >= 11 is 3.43. The fraction of sp³-hybridized carbons (Fsp3) is 0.286. The minimum Gasteiger partial charge on any atom is -0.370 e. The Hall–Kier alpha value is -1.42. The van der Waals surface area contributed by atoms with Crippen LogP contribution in [-0.4, -0.2) is 16.5 Å². The van der Waals surface area contributed by atoms with Crippen LogP contribution in [0, 0.1) is 0 Å². The lowest BCUT2D eigenvalue weighted by Gasteiger charge is -2.08. The van der Waals surface area contributed by atoms with Gasteiger partial charge in [-0.3, -0.25) is 0 Å². The van der Waals surface area contributed by atoms with E-state index in [-0.39, 0.29) is 0 Å². The average molecular weight is 306 g/mol. The Balaban J connectivity index is 2.42. The van der Waals surface area contributed by atoms with Crippen molar-refractivity contribution in [2.75, 3.05) is 11.9 Å². The van der Waals surface area contributed by atoms with Crippen molar-refractivity contribution < 1.29 is 0 Å². The number of benzene rings is 1. The topological polar surface area (TPSA) is 37.8 Å². The van der Waals surface area contributed by atoms with Crippen LogP contribution >= 0.6 is 15.9 Å². The molecule has 2 rings (SSSR count). The van der Waals surface area contributed by atoms with Gasteiger partial charge in [-0.25, -0.2) is 9.97 Å². The van der Waals surface area contributed by atoms with Crippen LogP contribution in [0.15, 0.2) is 34.8 Å². The molecule has 0 aliphatic rings. The molecule has 0 atom stereocenters. The molecule has 0 aliphatic carbocycles. The van der Waals surface area contributed by atoms with Gasteiger partial charge in [-0.15, -0.1) is 0 Å². The summed E-state index contributed by atoms with van der Waals surface area (Å²) in [5.74, 6) is 1.67. The molecule has 0 saturated carbocycles. The Bertz CT molecular complexity index is 523. The van der Waals surface area contributed by atoms with Crippen LogP contribution in [0.3, 0.4) is 0 Å². The Kier molecular flexibility index (Phi) is 4.31. The van der Waals surface area contributed by atoms with E-state index in [1.165, 1.54) is 0 Å². The Morgan fingerprint density at radius 3 is 2.44 bits per heavy atom. The van der Waals surface area contributed by atoms with Crippen LogP contribution in [0.5, 0.6) is 0 Å². The summed E-state index contributed by atoms with van der Waals surface area (Å²) in [6, 6.07) is 10.1. The predicted octanol–water partition coefficient (Wildman–Crippen LogP) is 3.90. The molecule has 3 nitrogen and oxygen atoms in total. The first-order valence-corrected chi connectivity index (χ1v) is 6.90. The van der Waals surface area contributed by atoms with Gasteiger partial charge in [-0.05, 0) is 25.5 Å². The number of nitrogens with one attached hydrogen (secondary N) is 1. The zero-order valence-corrected chi connectivity index (χ0v) is 12.2. The standard InChI is InChI=1S/C14H16BrN3/c1-3-12-9-13(16-4-2)18-14(17-12)10-5-7-11(15)8-6-10/h5-9H,3-4H2,1-2H3,(H,16,17,18). The maximum Gasteiger partial charge on any atom is 0.161 e. The summed E-state index contributed by atoms with van der Waals surface area (Å²) in [5, 5.41) is 3.24. The van der Waals surface area contributed by atoms with Gasteiger partial charge >= 0.3 is 0 Å². The van der Waals surface area contributed by atoms with E-state index in [2.05, 4.69) is 45.1 Å². The molecule has 2 aromatic rings. The molecule has 0 aliphatic heterocycles. The van der Waals surface area contributed by atoms with Crippen LogP contribution in [-0.2, 0) is 6.42 Å². The lowest BCUT2D eigenvalue weighted by atomic mass is 10.2. The molecule has 18 heavy (non-hydrogen) atoms. The van der Waals surface area contributed by atoms with Gasteiger partial charge in [-0.1, -0.05) is 35.0 Å². The minimum absolute atomic E-state index is 0.776. The zero-order valence-electron chi connectivity index (χ0n) is 10.6. The molecule has 0 radical (unpaired) electrons. The van der Waals surface area contributed by atoms with Crippen LogP contribution in [0.25, 0.3) is 11.4 Å².